The van der Waals surface area contributed by atoms with E-state index in [9.17, 15) is 0 Å². The molecule has 3 rings (SSSR count). The van der Waals surface area contributed by atoms with E-state index in [1.807, 2.05) is 24.4 Å². The third-order valence-electron chi connectivity index (χ3n) is 2.90. The van der Waals surface area contributed by atoms with Gasteiger partial charge in [-0.15, -0.1) is 16.7 Å². The molecule has 100 valence electrons. The van der Waals surface area contributed by atoms with Gasteiger partial charge in [0, 0.05) is 11.9 Å². The van der Waals surface area contributed by atoms with E-state index < -0.39 is 0 Å². The molecule has 2 aromatic rings. The van der Waals surface area contributed by atoms with Crippen molar-refractivity contribution in [3.8, 4) is 17.2 Å². The fourth-order valence-corrected chi connectivity index (χ4v) is 2.10. The minimum Gasteiger partial charge on any atom is -0.486 e. The summed E-state index contributed by atoms with van der Waals surface area (Å²) in [7, 11) is 0. The number of benzene rings is 1. The zero-order chi connectivity index (χ0) is 13.1. The van der Waals surface area contributed by atoms with E-state index in [0.717, 1.165) is 35.7 Å². The lowest BCUT2D eigenvalue weighted by Gasteiger charge is -2.18. The third-order valence-corrected chi connectivity index (χ3v) is 3.16. The van der Waals surface area contributed by atoms with Crippen LogP contribution in [-0.2, 0) is 6.42 Å². The van der Waals surface area contributed by atoms with E-state index in [1.165, 1.54) is 0 Å². The van der Waals surface area contributed by atoms with Crippen molar-refractivity contribution >= 4 is 11.6 Å². The van der Waals surface area contributed by atoms with Crippen molar-refractivity contribution < 1.29 is 9.47 Å². The highest BCUT2D eigenvalue weighted by atomic mass is 35.5. The van der Waals surface area contributed by atoms with Gasteiger partial charge in [0.25, 0.3) is 0 Å². The molecule has 0 bridgehead atoms. The van der Waals surface area contributed by atoms with Gasteiger partial charge >= 0.3 is 0 Å². The summed E-state index contributed by atoms with van der Waals surface area (Å²) in [6.07, 6.45) is 3.66. The van der Waals surface area contributed by atoms with Gasteiger partial charge in [-0.1, -0.05) is 5.21 Å². The fraction of sp³-hybridized carbons (Fsp3) is 0.385. The first-order valence-corrected chi connectivity index (χ1v) is 6.77. The van der Waals surface area contributed by atoms with Gasteiger partial charge < -0.3 is 9.47 Å². The van der Waals surface area contributed by atoms with Crippen LogP contribution in [0.3, 0.4) is 0 Å². The number of aryl methyl sites for hydroxylation is 1. The van der Waals surface area contributed by atoms with E-state index in [1.54, 1.807) is 4.68 Å². The molecular formula is C13H14ClN3O2. The van der Waals surface area contributed by atoms with Gasteiger partial charge in [0.15, 0.2) is 11.5 Å². The number of nitrogens with zero attached hydrogens (tertiary/aromatic N) is 3. The molecule has 0 unspecified atom stereocenters. The lowest BCUT2D eigenvalue weighted by Crippen LogP contribution is -2.15. The first kappa shape index (κ1) is 12.3. The van der Waals surface area contributed by atoms with Crippen LogP contribution in [0.2, 0.25) is 0 Å². The maximum Gasteiger partial charge on any atom is 0.163 e. The summed E-state index contributed by atoms with van der Waals surface area (Å²) in [4.78, 5) is 0. The quantitative estimate of drug-likeness (QED) is 0.805. The van der Waals surface area contributed by atoms with E-state index in [2.05, 4.69) is 10.3 Å². The number of alkyl halides is 1. The molecule has 1 aliphatic rings. The van der Waals surface area contributed by atoms with Crippen molar-refractivity contribution in [3.63, 3.8) is 0 Å². The number of hydrogen-bond acceptors (Lipinski definition) is 4. The Labute approximate surface area is 116 Å². The Bertz CT molecular complexity index is 571. The number of fused-ring (bicyclic) bond motifs is 1. The summed E-state index contributed by atoms with van der Waals surface area (Å²) in [5.41, 5.74) is 1.85. The van der Waals surface area contributed by atoms with Crippen LogP contribution >= 0.6 is 11.6 Å². The fourth-order valence-electron chi connectivity index (χ4n) is 1.96. The Morgan fingerprint density at radius 2 is 2.05 bits per heavy atom. The van der Waals surface area contributed by atoms with Crippen LogP contribution in [0.25, 0.3) is 5.69 Å². The summed E-state index contributed by atoms with van der Waals surface area (Å²) >= 11 is 5.67. The van der Waals surface area contributed by atoms with Crippen LogP contribution in [0.1, 0.15) is 12.1 Å². The van der Waals surface area contributed by atoms with Crippen molar-refractivity contribution in [1.82, 2.24) is 15.0 Å². The Kier molecular flexibility index (Phi) is 3.55. The smallest absolute Gasteiger partial charge is 0.163 e. The van der Waals surface area contributed by atoms with Gasteiger partial charge in [0.2, 0.25) is 0 Å². The molecule has 0 atom stereocenters. The predicted octanol–water partition coefficient (Wildman–Crippen LogP) is 2.21. The summed E-state index contributed by atoms with van der Waals surface area (Å²) in [5.74, 6) is 2.16. The Balaban J connectivity index is 1.83. The number of aromatic nitrogens is 3. The summed E-state index contributed by atoms with van der Waals surface area (Å²) in [6.45, 7) is 1.17. The molecule has 1 aromatic carbocycles. The summed E-state index contributed by atoms with van der Waals surface area (Å²) < 4.78 is 12.8. The largest absolute Gasteiger partial charge is 0.486 e. The molecule has 0 saturated carbocycles. The highest BCUT2D eigenvalue weighted by Crippen LogP contribution is 2.31. The molecule has 5 nitrogen and oxygen atoms in total. The van der Waals surface area contributed by atoms with Gasteiger partial charge in [-0.05, 0) is 25.0 Å². The minimum absolute atomic E-state index is 0.578. The Morgan fingerprint density at radius 3 is 2.89 bits per heavy atom. The first-order valence-electron chi connectivity index (χ1n) is 6.24. The minimum atomic E-state index is 0.578. The highest BCUT2D eigenvalue weighted by Gasteiger charge is 2.13. The predicted molar refractivity (Wildman–Crippen MR) is 71.4 cm³/mol. The normalized spacial score (nSPS) is 13.5. The second kappa shape index (κ2) is 5.48. The monoisotopic (exact) mass is 279 g/mol. The van der Waals surface area contributed by atoms with E-state index in [0.29, 0.717) is 19.1 Å². The molecule has 1 aliphatic heterocycles. The van der Waals surface area contributed by atoms with Gasteiger partial charge in [0.05, 0.1) is 17.6 Å². The second-order valence-electron chi connectivity index (χ2n) is 4.27. The molecule has 0 amide bonds. The maximum absolute atomic E-state index is 5.67. The average molecular weight is 280 g/mol. The van der Waals surface area contributed by atoms with Crippen molar-refractivity contribution in [2.75, 3.05) is 19.1 Å². The molecule has 19 heavy (non-hydrogen) atoms. The molecule has 0 fully saturated rings. The SMILES string of the molecule is ClCCCc1cn(-c2ccc3c(c2)OCCO3)nn1. The number of halogens is 1. The van der Waals surface area contributed by atoms with E-state index in [4.69, 9.17) is 21.1 Å². The molecule has 0 aliphatic carbocycles. The van der Waals surface area contributed by atoms with Crippen LogP contribution in [0.5, 0.6) is 11.5 Å². The summed E-state index contributed by atoms with van der Waals surface area (Å²) in [5, 5.41) is 8.24. The number of ether oxygens (including phenoxy) is 2. The van der Waals surface area contributed by atoms with Gasteiger partial charge in [0.1, 0.15) is 13.2 Å². The number of hydrogen-bond donors (Lipinski definition) is 0. The molecular weight excluding hydrogens is 266 g/mol. The molecule has 0 saturated heterocycles. The van der Waals surface area contributed by atoms with Crippen LogP contribution in [0.4, 0.5) is 0 Å². The van der Waals surface area contributed by atoms with E-state index in [-0.39, 0.29) is 0 Å². The zero-order valence-corrected chi connectivity index (χ0v) is 11.1. The topological polar surface area (TPSA) is 49.2 Å². The lowest BCUT2D eigenvalue weighted by molar-refractivity contribution is 0.171. The van der Waals surface area contributed by atoms with Crippen molar-refractivity contribution in [2.24, 2.45) is 0 Å². The van der Waals surface area contributed by atoms with Gasteiger partial charge in [-0.2, -0.15) is 0 Å². The maximum atomic E-state index is 5.67. The average Bonchev–Trinajstić information content (AvgIpc) is 2.93. The van der Waals surface area contributed by atoms with Crippen LogP contribution < -0.4 is 9.47 Å². The van der Waals surface area contributed by atoms with Crippen molar-refractivity contribution in [1.29, 1.82) is 0 Å². The summed E-state index contributed by atoms with van der Waals surface area (Å²) in [6, 6.07) is 5.74. The number of rotatable bonds is 4. The highest BCUT2D eigenvalue weighted by molar-refractivity contribution is 6.17. The van der Waals surface area contributed by atoms with Gasteiger partial charge in [-0.25, -0.2) is 4.68 Å². The second-order valence-corrected chi connectivity index (χ2v) is 4.65. The molecule has 2 heterocycles. The first-order chi connectivity index (χ1) is 9.36. The Hall–Kier alpha value is -1.75. The lowest BCUT2D eigenvalue weighted by atomic mass is 10.2. The molecule has 1 aromatic heterocycles. The van der Waals surface area contributed by atoms with Crippen molar-refractivity contribution in [3.05, 3.63) is 30.1 Å². The van der Waals surface area contributed by atoms with Crippen molar-refractivity contribution in [2.45, 2.75) is 12.8 Å². The standard InChI is InChI=1S/C13H14ClN3O2/c14-5-1-2-10-9-17(16-15-10)11-3-4-12-13(8-11)19-7-6-18-12/h3-4,8-9H,1-2,5-7H2. The molecule has 6 heteroatoms. The molecule has 0 N–H and O–H groups in total. The third kappa shape index (κ3) is 2.66. The van der Waals surface area contributed by atoms with Crippen LogP contribution in [0, 0.1) is 0 Å². The zero-order valence-electron chi connectivity index (χ0n) is 10.4. The molecule has 0 spiro atoms. The van der Waals surface area contributed by atoms with Gasteiger partial charge in [-0.3, -0.25) is 0 Å². The van der Waals surface area contributed by atoms with Crippen LogP contribution in [-0.4, -0.2) is 34.1 Å². The van der Waals surface area contributed by atoms with E-state index >= 15 is 0 Å². The molecule has 0 radical (unpaired) electrons. The van der Waals surface area contributed by atoms with Crippen LogP contribution in [0.15, 0.2) is 24.4 Å². The Morgan fingerprint density at radius 1 is 1.21 bits per heavy atom.